The normalized spacial score (nSPS) is 16.1. The second kappa shape index (κ2) is 5.83. The molecular weight excluding hydrogens is 314 g/mol. The van der Waals surface area contributed by atoms with Crippen LogP contribution in [0.5, 0.6) is 0 Å². The molecule has 0 rings (SSSR count). The van der Waals surface area contributed by atoms with Crippen molar-refractivity contribution in [3.8, 4) is 0 Å². The van der Waals surface area contributed by atoms with Crippen LogP contribution < -0.4 is 0 Å². The fraction of sp³-hybridized carbons (Fsp3) is 1.00. The molecule has 0 saturated carbocycles. The van der Waals surface area contributed by atoms with Crippen LogP contribution in [0.15, 0.2) is 0 Å². The minimum Gasteiger partial charge on any atom is -0.361 e. The summed E-state index contributed by atoms with van der Waals surface area (Å²) in [5.41, 5.74) is 0. The molecule has 18 heavy (non-hydrogen) atoms. The van der Waals surface area contributed by atoms with Crippen molar-refractivity contribution in [3.05, 3.63) is 0 Å². The summed E-state index contributed by atoms with van der Waals surface area (Å²) in [6.45, 7) is 0.0688. The molecule has 110 valence electrons. The molecule has 0 aliphatic rings. The molecule has 1 atom stereocenters. The van der Waals surface area contributed by atoms with E-state index in [2.05, 4.69) is 4.74 Å². The molecule has 0 bridgehead atoms. The molecule has 0 aromatic rings. The highest BCUT2D eigenvalue weighted by molar-refractivity contribution is 8.13. The van der Waals surface area contributed by atoms with Crippen LogP contribution in [-0.2, 0) is 13.8 Å². The van der Waals surface area contributed by atoms with Crippen molar-refractivity contribution in [1.29, 1.82) is 0 Å². The zero-order valence-corrected chi connectivity index (χ0v) is 10.4. The van der Waals surface area contributed by atoms with E-state index in [0.29, 0.717) is 0 Å². The van der Waals surface area contributed by atoms with E-state index in [1.54, 1.807) is 0 Å². The Morgan fingerprint density at radius 3 is 1.78 bits per heavy atom. The lowest BCUT2D eigenvalue weighted by Gasteiger charge is -2.24. The Bertz CT molecular complexity index is 348. The molecule has 0 saturated heterocycles. The van der Waals surface area contributed by atoms with Gasteiger partial charge in [-0.15, -0.1) is 0 Å². The third-order valence-corrected chi connectivity index (χ3v) is 2.97. The fourth-order valence-electron chi connectivity index (χ4n) is 1.02. The lowest BCUT2D eigenvalue weighted by atomic mass is 10.2. The number of hydrogen-bond acceptors (Lipinski definition) is 3. The molecule has 1 unspecified atom stereocenters. The van der Waals surface area contributed by atoms with Crippen LogP contribution in [0.1, 0.15) is 6.92 Å². The van der Waals surface area contributed by atoms with Crippen LogP contribution in [0.4, 0.5) is 26.3 Å². The Morgan fingerprint density at radius 1 is 1.11 bits per heavy atom. The highest BCUT2D eigenvalue weighted by Crippen LogP contribution is 2.35. The zero-order valence-electron chi connectivity index (χ0n) is 8.85. The summed E-state index contributed by atoms with van der Waals surface area (Å²) in [6, 6.07) is 0. The summed E-state index contributed by atoms with van der Waals surface area (Å²) in [4.78, 5) is 0. The van der Waals surface area contributed by atoms with Crippen molar-refractivity contribution in [2.75, 3.05) is 12.4 Å². The molecule has 0 amide bonds. The molecule has 0 aromatic heterocycles. The number of alkyl halides is 6. The largest absolute Gasteiger partial charge is 0.423 e. The second-order valence-electron chi connectivity index (χ2n) is 3.61. The standard InChI is InChI=1S/C7H9ClF6O3S/c1-4(3-18(8,15)16)2-17-5(6(9,10)11)7(12,13)14/h4-5H,2-3H2,1H3. The topological polar surface area (TPSA) is 43.4 Å². The van der Waals surface area contributed by atoms with Gasteiger partial charge in [0.1, 0.15) is 0 Å². The first kappa shape index (κ1) is 17.8. The zero-order chi connectivity index (χ0) is 14.8. The number of hydrogen-bond donors (Lipinski definition) is 0. The molecular formula is C7H9ClF6O3S. The summed E-state index contributed by atoms with van der Waals surface area (Å²) in [5.74, 6) is -1.88. The number of rotatable bonds is 5. The minimum atomic E-state index is -5.61. The Balaban J connectivity index is 4.56. The quantitative estimate of drug-likeness (QED) is 0.577. The van der Waals surface area contributed by atoms with Crippen molar-refractivity contribution in [2.45, 2.75) is 25.4 Å². The van der Waals surface area contributed by atoms with E-state index in [-0.39, 0.29) is 0 Å². The summed E-state index contributed by atoms with van der Waals surface area (Å²) in [7, 11) is 0.783. The lowest BCUT2D eigenvalue weighted by molar-refractivity contribution is -0.323. The Kier molecular flexibility index (Phi) is 5.75. The molecule has 0 aliphatic heterocycles. The maximum atomic E-state index is 12.0. The highest BCUT2D eigenvalue weighted by Gasteiger charge is 2.58. The van der Waals surface area contributed by atoms with Gasteiger partial charge in [0.25, 0.3) is 0 Å². The van der Waals surface area contributed by atoms with E-state index >= 15 is 0 Å². The molecule has 11 heteroatoms. The first-order chi connectivity index (χ1) is 7.73. The third kappa shape index (κ3) is 7.27. The average Bonchev–Trinajstić information content (AvgIpc) is 1.93. The minimum absolute atomic E-state index is 0.781. The Labute approximate surface area is 103 Å². The molecule has 3 nitrogen and oxygen atoms in total. The Hall–Kier alpha value is -0.220. The van der Waals surface area contributed by atoms with Crippen molar-refractivity contribution in [3.63, 3.8) is 0 Å². The number of halogens is 7. The predicted molar refractivity (Wildman–Crippen MR) is 50.7 cm³/mol. The average molecular weight is 323 g/mol. The SMILES string of the molecule is CC(COC(C(F)(F)F)C(F)(F)F)CS(=O)(=O)Cl. The van der Waals surface area contributed by atoms with Crippen molar-refractivity contribution < 1.29 is 39.5 Å². The van der Waals surface area contributed by atoms with E-state index in [1.807, 2.05) is 0 Å². The van der Waals surface area contributed by atoms with Gasteiger partial charge in [-0.3, -0.25) is 0 Å². The summed E-state index contributed by atoms with van der Waals surface area (Å²) in [6.07, 6.45) is -15.2. The fourth-order valence-corrected chi connectivity index (χ4v) is 2.44. The smallest absolute Gasteiger partial charge is 0.361 e. The monoisotopic (exact) mass is 322 g/mol. The van der Waals surface area contributed by atoms with Crippen LogP contribution in [-0.4, -0.2) is 39.2 Å². The molecule has 0 aromatic carbocycles. The third-order valence-electron chi connectivity index (χ3n) is 1.63. The van der Waals surface area contributed by atoms with Gasteiger partial charge in [0, 0.05) is 10.7 Å². The maximum absolute atomic E-state index is 12.0. The Morgan fingerprint density at radius 2 is 1.50 bits per heavy atom. The first-order valence-corrected chi connectivity index (χ1v) is 6.88. The van der Waals surface area contributed by atoms with E-state index in [1.165, 1.54) is 0 Å². The van der Waals surface area contributed by atoms with Crippen molar-refractivity contribution in [1.82, 2.24) is 0 Å². The number of ether oxygens (including phenoxy) is 1. The van der Waals surface area contributed by atoms with Crippen LogP contribution in [0.3, 0.4) is 0 Å². The van der Waals surface area contributed by atoms with Gasteiger partial charge in [-0.2, -0.15) is 26.3 Å². The lowest BCUT2D eigenvalue weighted by Crippen LogP contribution is -2.45. The second-order valence-corrected chi connectivity index (χ2v) is 6.43. The molecule has 0 aliphatic carbocycles. The highest BCUT2D eigenvalue weighted by atomic mass is 35.7. The van der Waals surface area contributed by atoms with Gasteiger partial charge < -0.3 is 4.74 Å². The van der Waals surface area contributed by atoms with Crippen molar-refractivity contribution >= 4 is 19.7 Å². The van der Waals surface area contributed by atoms with Gasteiger partial charge >= 0.3 is 12.4 Å². The van der Waals surface area contributed by atoms with E-state index in [4.69, 9.17) is 10.7 Å². The van der Waals surface area contributed by atoms with Gasteiger partial charge in [0.15, 0.2) is 0 Å². The van der Waals surface area contributed by atoms with Gasteiger partial charge in [-0.25, -0.2) is 8.42 Å². The maximum Gasteiger partial charge on any atom is 0.423 e. The first-order valence-electron chi connectivity index (χ1n) is 4.41. The van der Waals surface area contributed by atoms with Crippen LogP contribution in [0, 0.1) is 5.92 Å². The van der Waals surface area contributed by atoms with Gasteiger partial charge in [-0.05, 0) is 5.92 Å². The van der Waals surface area contributed by atoms with E-state index in [0.717, 1.165) is 6.92 Å². The van der Waals surface area contributed by atoms with E-state index < -0.39 is 45.8 Å². The van der Waals surface area contributed by atoms with Gasteiger partial charge in [-0.1, -0.05) is 6.92 Å². The molecule has 0 N–H and O–H groups in total. The van der Waals surface area contributed by atoms with Gasteiger partial charge in [0.2, 0.25) is 15.2 Å². The summed E-state index contributed by atoms with van der Waals surface area (Å²) >= 11 is 0. The molecule has 0 radical (unpaired) electrons. The predicted octanol–water partition coefficient (Wildman–Crippen LogP) is 2.70. The van der Waals surface area contributed by atoms with E-state index in [9.17, 15) is 34.8 Å². The van der Waals surface area contributed by atoms with Gasteiger partial charge in [0.05, 0.1) is 12.4 Å². The summed E-state index contributed by atoms with van der Waals surface area (Å²) in [5, 5.41) is 0. The summed E-state index contributed by atoms with van der Waals surface area (Å²) < 4.78 is 96.9. The van der Waals surface area contributed by atoms with Crippen LogP contribution in [0.2, 0.25) is 0 Å². The molecule has 0 fully saturated rings. The van der Waals surface area contributed by atoms with Crippen molar-refractivity contribution in [2.24, 2.45) is 5.92 Å². The molecule has 0 spiro atoms. The van der Waals surface area contributed by atoms with Crippen LogP contribution in [0.25, 0.3) is 0 Å². The molecule has 0 heterocycles. The van der Waals surface area contributed by atoms with Crippen LogP contribution >= 0.6 is 10.7 Å².